The molecule has 1 amide bonds. The highest BCUT2D eigenvalue weighted by Gasteiger charge is 2.16. The topological polar surface area (TPSA) is 50.4 Å². The summed E-state index contributed by atoms with van der Waals surface area (Å²) in [6.07, 6.45) is 0.752. The van der Waals surface area contributed by atoms with Gasteiger partial charge in [0.1, 0.15) is 6.04 Å². The first-order valence-electron chi connectivity index (χ1n) is 7.11. The second kappa shape index (κ2) is 7.92. The molecule has 23 heavy (non-hydrogen) atoms. The zero-order valence-electron chi connectivity index (χ0n) is 12.9. The van der Waals surface area contributed by atoms with Gasteiger partial charge >= 0.3 is 0 Å². The lowest BCUT2D eigenvalue weighted by molar-refractivity contribution is -0.121. The molecule has 124 valence electrons. The molecule has 2 aromatic rings. The Labute approximate surface area is 137 Å². The van der Waals surface area contributed by atoms with Gasteiger partial charge in [0, 0.05) is 29.2 Å². The Morgan fingerprint density at radius 3 is 2.61 bits per heavy atom. The second-order valence-electron chi connectivity index (χ2n) is 4.96. The monoisotopic (exact) mass is 340 g/mol. The third kappa shape index (κ3) is 4.66. The van der Waals surface area contributed by atoms with Crippen molar-refractivity contribution in [3.8, 4) is 5.75 Å². The van der Waals surface area contributed by atoms with Crippen LogP contribution in [-0.2, 0) is 11.2 Å². The van der Waals surface area contributed by atoms with Crippen LogP contribution in [0.15, 0.2) is 29.6 Å². The summed E-state index contributed by atoms with van der Waals surface area (Å²) in [4.78, 5) is 13.2. The highest BCUT2D eigenvalue weighted by molar-refractivity contribution is 7.09. The number of hydrogen-bond acceptors (Lipinski definition) is 4. The molecule has 1 heterocycles. The normalized spacial score (nSPS) is 11.8. The van der Waals surface area contributed by atoms with Gasteiger partial charge in [0.2, 0.25) is 5.91 Å². The predicted octanol–water partition coefficient (Wildman–Crippen LogP) is 3.19. The number of rotatable bonds is 7. The van der Waals surface area contributed by atoms with Crippen LogP contribution >= 0.6 is 11.3 Å². The van der Waals surface area contributed by atoms with E-state index in [1.165, 1.54) is 12.0 Å². The van der Waals surface area contributed by atoms with Crippen LogP contribution in [0.2, 0.25) is 0 Å². The summed E-state index contributed by atoms with van der Waals surface area (Å²) in [7, 11) is 1.19. The minimum Gasteiger partial charge on any atom is -0.491 e. The fraction of sp³-hybridized carbons (Fsp3) is 0.312. The predicted molar refractivity (Wildman–Crippen MR) is 87.0 cm³/mol. The average molecular weight is 340 g/mol. The number of ether oxygens (including phenoxy) is 1. The van der Waals surface area contributed by atoms with E-state index in [-0.39, 0.29) is 11.6 Å². The lowest BCUT2D eigenvalue weighted by atomic mass is 10.2. The van der Waals surface area contributed by atoms with E-state index in [2.05, 4.69) is 15.4 Å². The van der Waals surface area contributed by atoms with Crippen LogP contribution in [0.1, 0.15) is 11.8 Å². The van der Waals surface area contributed by atoms with Crippen molar-refractivity contribution < 1.29 is 18.3 Å². The third-order valence-corrected chi connectivity index (χ3v) is 4.17. The standard InChI is InChI=1S/C16H18F2N2O2S/c1-10(16(21)19-6-5-12-4-3-7-23-12)20-11-8-13(17)15(22-2)14(18)9-11/h3-4,7-10,20H,5-6H2,1-2H3,(H,19,21). The van der Waals surface area contributed by atoms with Crippen molar-refractivity contribution in [2.75, 3.05) is 19.0 Å². The number of methoxy groups -OCH3 is 1. The Kier molecular flexibility index (Phi) is 5.92. The fourth-order valence-electron chi connectivity index (χ4n) is 2.07. The second-order valence-corrected chi connectivity index (χ2v) is 5.99. The number of benzene rings is 1. The van der Waals surface area contributed by atoms with Gasteiger partial charge in [0.25, 0.3) is 0 Å². The lowest BCUT2D eigenvalue weighted by Crippen LogP contribution is -2.38. The first-order valence-corrected chi connectivity index (χ1v) is 7.99. The van der Waals surface area contributed by atoms with Gasteiger partial charge in [0.05, 0.1) is 7.11 Å². The van der Waals surface area contributed by atoms with Crippen molar-refractivity contribution in [3.63, 3.8) is 0 Å². The molecule has 0 aliphatic rings. The number of nitrogens with one attached hydrogen (secondary N) is 2. The van der Waals surface area contributed by atoms with Gasteiger partial charge in [0.15, 0.2) is 17.4 Å². The van der Waals surface area contributed by atoms with E-state index < -0.39 is 23.4 Å². The van der Waals surface area contributed by atoms with Crippen LogP contribution in [0.3, 0.4) is 0 Å². The van der Waals surface area contributed by atoms with Crippen molar-refractivity contribution >= 4 is 22.9 Å². The smallest absolute Gasteiger partial charge is 0.242 e. The fourth-order valence-corrected chi connectivity index (χ4v) is 2.78. The highest BCUT2D eigenvalue weighted by atomic mass is 32.1. The molecule has 1 unspecified atom stereocenters. The molecular formula is C16H18F2N2O2S. The van der Waals surface area contributed by atoms with E-state index in [9.17, 15) is 13.6 Å². The number of halogens is 2. The summed E-state index contributed by atoms with van der Waals surface area (Å²) in [6, 6.07) is 5.53. The molecule has 1 aromatic heterocycles. The number of carbonyl (C=O) groups is 1. The highest BCUT2D eigenvalue weighted by Crippen LogP contribution is 2.25. The molecule has 0 saturated carbocycles. The molecule has 1 aromatic carbocycles. The van der Waals surface area contributed by atoms with Gasteiger partial charge in [-0.25, -0.2) is 8.78 Å². The molecule has 1 atom stereocenters. The summed E-state index contributed by atoms with van der Waals surface area (Å²) >= 11 is 1.63. The Morgan fingerprint density at radius 1 is 1.35 bits per heavy atom. The number of carbonyl (C=O) groups excluding carboxylic acids is 1. The van der Waals surface area contributed by atoms with Gasteiger partial charge in [-0.15, -0.1) is 11.3 Å². The summed E-state index contributed by atoms with van der Waals surface area (Å²) in [6.45, 7) is 2.14. The Morgan fingerprint density at radius 2 is 2.04 bits per heavy atom. The molecule has 2 rings (SSSR count). The van der Waals surface area contributed by atoms with Crippen LogP contribution in [0.4, 0.5) is 14.5 Å². The first-order chi connectivity index (χ1) is 11.0. The molecule has 0 saturated heterocycles. The number of amides is 1. The van der Waals surface area contributed by atoms with E-state index in [1.54, 1.807) is 18.3 Å². The molecule has 0 radical (unpaired) electrons. The minimum atomic E-state index is -0.819. The molecule has 2 N–H and O–H groups in total. The quantitative estimate of drug-likeness (QED) is 0.814. The maximum Gasteiger partial charge on any atom is 0.242 e. The van der Waals surface area contributed by atoms with Crippen molar-refractivity contribution in [2.45, 2.75) is 19.4 Å². The van der Waals surface area contributed by atoms with E-state index in [0.29, 0.717) is 6.54 Å². The molecule has 0 fully saturated rings. The van der Waals surface area contributed by atoms with Crippen LogP contribution in [-0.4, -0.2) is 25.6 Å². The van der Waals surface area contributed by atoms with Gasteiger partial charge < -0.3 is 15.4 Å². The maximum atomic E-state index is 13.6. The number of thiophene rings is 1. The zero-order valence-corrected chi connectivity index (χ0v) is 13.7. The Balaban J connectivity index is 1.88. The van der Waals surface area contributed by atoms with Gasteiger partial charge in [-0.3, -0.25) is 4.79 Å². The van der Waals surface area contributed by atoms with E-state index in [4.69, 9.17) is 0 Å². The van der Waals surface area contributed by atoms with Gasteiger partial charge in [-0.05, 0) is 24.8 Å². The van der Waals surface area contributed by atoms with Crippen molar-refractivity contribution in [1.29, 1.82) is 0 Å². The molecular weight excluding hydrogens is 322 g/mol. The molecule has 0 spiro atoms. The van der Waals surface area contributed by atoms with Gasteiger partial charge in [-0.1, -0.05) is 6.07 Å². The summed E-state index contributed by atoms with van der Waals surface area (Å²) in [5, 5.41) is 7.54. The molecule has 7 heteroatoms. The first kappa shape index (κ1) is 17.2. The zero-order chi connectivity index (χ0) is 16.8. The molecule has 0 bridgehead atoms. The third-order valence-electron chi connectivity index (χ3n) is 3.23. The molecule has 4 nitrogen and oxygen atoms in total. The summed E-state index contributed by atoms with van der Waals surface area (Å²) in [5.74, 6) is -2.32. The minimum absolute atomic E-state index is 0.182. The SMILES string of the molecule is COc1c(F)cc(NC(C)C(=O)NCCc2cccs2)cc1F. The van der Waals surface area contributed by atoms with Crippen LogP contribution < -0.4 is 15.4 Å². The maximum absolute atomic E-state index is 13.6. The van der Waals surface area contributed by atoms with Crippen molar-refractivity contribution in [1.82, 2.24) is 5.32 Å². The van der Waals surface area contributed by atoms with E-state index in [0.717, 1.165) is 18.6 Å². The van der Waals surface area contributed by atoms with Gasteiger partial charge in [-0.2, -0.15) is 0 Å². The Hall–Kier alpha value is -2.15. The van der Waals surface area contributed by atoms with Crippen molar-refractivity contribution in [2.24, 2.45) is 0 Å². The van der Waals surface area contributed by atoms with Crippen molar-refractivity contribution in [3.05, 3.63) is 46.2 Å². The van der Waals surface area contributed by atoms with Crippen LogP contribution in [0.5, 0.6) is 5.75 Å². The lowest BCUT2D eigenvalue weighted by Gasteiger charge is -2.16. The number of hydrogen-bond donors (Lipinski definition) is 2. The van der Waals surface area contributed by atoms with Crippen LogP contribution in [0, 0.1) is 11.6 Å². The molecule has 0 aliphatic heterocycles. The average Bonchev–Trinajstić information content (AvgIpc) is 3.00. The number of anilines is 1. The largest absolute Gasteiger partial charge is 0.491 e. The summed E-state index contributed by atoms with van der Waals surface area (Å²) < 4.78 is 31.9. The van der Waals surface area contributed by atoms with E-state index in [1.807, 2.05) is 17.5 Å². The van der Waals surface area contributed by atoms with E-state index >= 15 is 0 Å². The summed E-state index contributed by atoms with van der Waals surface area (Å²) in [5.41, 5.74) is 0.182. The van der Waals surface area contributed by atoms with Crippen LogP contribution in [0.25, 0.3) is 0 Å². The Bertz CT molecular complexity index is 639. The molecule has 0 aliphatic carbocycles.